The number of sulfonamides is 1. The Kier molecular flexibility index (Phi) is 6.80. The second-order valence-electron chi connectivity index (χ2n) is 6.08. The van der Waals surface area contributed by atoms with E-state index >= 15 is 0 Å². The average molecular weight is 370 g/mol. The average Bonchev–Trinajstić information content (AvgIpc) is 2.62. The van der Waals surface area contributed by atoms with Crippen molar-refractivity contribution in [1.82, 2.24) is 9.62 Å². The normalized spacial score (nSPS) is 17.9. The number of piperazine rings is 1. The van der Waals surface area contributed by atoms with Gasteiger partial charge in [-0.3, -0.25) is 4.79 Å². The Balaban J connectivity index is 2.00. The summed E-state index contributed by atoms with van der Waals surface area (Å²) in [6, 6.07) is 6.34. The molecule has 1 aliphatic heterocycles. The van der Waals surface area contributed by atoms with Gasteiger partial charge in [0.1, 0.15) is 5.75 Å². The summed E-state index contributed by atoms with van der Waals surface area (Å²) in [5, 5.41) is 2.82. The van der Waals surface area contributed by atoms with Crippen molar-refractivity contribution in [3.8, 4) is 5.75 Å². The molecule has 1 amide bonds. The molecule has 0 aromatic heterocycles. The van der Waals surface area contributed by atoms with E-state index in [0.717, 1.165) is 4.90 Å². The molecule has 1 aliphatic rings. The Hall–Kier alpha value is -1.64. The topological polar surface area (TPSA) is 80.2 Å². The summed E-state index contributed by atoms with van der Waals surface area (Å²) in [4.78, 5) is 13.3. The molecule has 1 heterocycles. The van der Waals surface area contributed by atoms with Gasteiger partial charge in [-0.05, 0) is 45.0 Å². The first-order valence-corrected chi connectivity index (χ1v) is 10.2. The largest absolute Gasteiger partial charge is 0.494 e. The molecule has 0 radical (unpaired) electrons. The maximum absolute atomic E-state index is 12.8. The van der Waals surface area contributed by atoms with E-state index in [0.29, 0.717) is 45.1 Å². The van der Waals surface area contributed by atoms with E-state index in [1.165, 1.54) is 4.31 Å². The minimum atomic E-state index is -3.51. The quantitative estimate of drug-likeness (QED) is 0.678. The summed E-state index contributed by atoms with van der Waals surface area (Å²) in [7, 11) is -3.51. The molecule has 1 atom stereocenters. The zero-order valence-electron chi connectivity index (χ0n) is 15.1. The number of carbonyl (C=O) groups excluding carboxylic acids is 1. The van der Waals surface area contributed by atoms with E-state index in [1.54, 1.807) is 24.3 Å². The van der Waals surface area contributed by atoms with Gasteiger partial charge in [0, 0.05) is 6.54 Å². The lowest BCUT2D eigenvalue weighted by Gasteiger charge is -2.34. The highest BCUT2D eigenvalue weighted by Gasteiger charge is 2.34. The third-order valence-corrected chi connectivity index (χ3v) is 6.41. The first-order valence-electron chi connectivity index (χ1n) is 8.75. The number of benzene rings is 1. The Labute approximate surface area is 150 Å². The number of amides is 1. The zero-order chi connectivity index (χ0) is 18.4. The summed E-state index contributed by atoms with van der Waals surface area (Å²) >= 11 is 0. The van der Waals surface area contributed by atoms with Crippen LogP contribution in [0, 0.1) is 0 Å². The van der Waals surface area contributed by atoms with Gasteiger partial charge in [0.15, 0.2) is 6.04 Å². The predicted molar refractivity (Wildman–Crippen MR) is 95.2 cm³/mol. The van der Waals surface area contributed by atoms with Crippen molar-refractivity contribution in [2.24, 2.45) is 0 Å². The van der Waals surface area contributed by atoms with Gasteiger partial charge in [-0.15, -0.1) is 0 Å². The molecule has 1 aromatic carbocycles. The highest BCUT2D eigenvalue weighted by molar-refractivity contribution is 7.89. The summed E-state index contributed by atoms with van der Waals surface area (Å²) in [5.41, 5.74) is 0. The van der Waals surface area contributed by atoms with Gasteiger partial charge in [0.25, 0.3) is 5.91 Å². The van der Waals surface area contributed by atoms with Crippen molar-refractivity contribution in [2.75, 3.05) is 39.3 Å². The Morgan fingerprint density at radius 2 is 1.84 bits per heavy atom. The van der Waals surface area contributed by atoms with Crippen LogP contribution in [-0.4, -0.2) is 64.0 Å². The molecule has 140 valence electrons. The van der Waals surface area contributed by atoms with Crippen molar-refractivity contribution in [2.45, 2.75) is 31.7 Å². The molecular weight excluding hydrogens is 342 g/mol. The lowest BCUT2D eigenvalue weighted by molar-refractivity contribution is -0.917. The fourth-order valence-corrected chi connectivity index (χ4v) is 4.42. The van der Waals surface area contributed by atoms with E-state index in [1.807, 2.05) is 20.8 Å². The van der Waals surface area contributed by atoms with E-state index in [9.17, 15) is 13.2 Å². The van der Waals surface area contributed by atoms with Gasteiger partial charge in [-0.1, -0.05) is 0 Å². The number of hydrogen-bond donors (Lipinski definition) is 2. The van der Waals surface area contributed by atoms with Crippen LogP contribution in [0.4, 0.5) is 0 Å². The number of hydrogen-bond acceptors (Lipinski definition) is 4. The predicted octanol–water partition coefficient (Wildman–Crippen LogP) is -0.501. The lowest BCUT2D eigenvalue weighted by Crippen LogP contribution is -3.19. The van der Waals surface area contributed by atoms with Gasteiger partial charge < -0.3 is 15.0 Å². The summed E-state index contributed by atoms with van der Waals surface area (Å²) in [6.07, 6.45) is 0. The number of rotatable bonds is 7. The van der Waals surface area contributed by atoms with Crippen LogP contribution in [0.5, 0.6) is 5.75 Å². The maximum atomic E-state index is 12.8. The second-order valence-corrected chi connectivity index (χ2v) is 8.02. The van der Waals surface area contributed by atoms with Crippen molar-refractivity contribution in [1.29, 1.82) is 0 Å². The Morgan fingerprint density at radius 1 is 1.24 bits per heavy atom. The third kappa shape index (κ3) is 4.71. The van der Waals surface area contributed by atoms with Crippen LogP contribution < -0.4 is 15.0 Å². The van der Waals surface area contributed by atoms with Crippen LogP contribution in [-0.2, 0) is 14.8 Å². The zero-order valence-corrected chi connectivity index (χ0v) is 15.9. The SMILES string of the molecule is CCNC(=O)[C@H](C)[NH+]1CCN(S(=O)(=O)c2ccc(OCC)cc2)CC1. The summed E-state index contributed by atoms with van der Waals surface area (Å²) in [6.45, 7) is 8.87. The fraction of sp³-hybridized carbons (Fsp3) is 0.588. The van der Waals surface area contributed by atoms with E-state index in [4.69, 9.17) is 4.74 Å². The number of ether oxygens (including phenoxy) is 1. The second kappa shape index (κ2) is 8.64. The number of carbonyl (C=O) groups is 1. The number of likely N-dealkylation sites (N-methyl/N-ethyl adjacent to an activating group) is 1. The van der Waals surface area contributed by atoms with Crippen LogP contribution in [0.2, 0.25) is 0 Å². The van der Waals surface area contributed by atoms with Crippen LogP contribution in [0.15, 0.2) is 29.2 Å². The van der Waals surface area contributed by atoms with E-state index in [-0.39, 0.29) is 16.8 Å². The van der Waals surface area contributed by atoms with Gasteiger partial charge in [0.05, 0.1) is 37.7 Å². The standard InChI is InChI=1S/C17H27N3O4S/c1-4-18-17(21)14(3)19-10-12-20(13-11-19)25(22,23)16-8-6-15(7-9-16)24-5-2/h6-9,14H,4-5,10-13H2,1-3H3,(H,18,21)/p+1/t14-/m0/s1. The molecule has 0 unspecified atom stereocenters. The third-order valence-electron chi connectivity index (χ3n) is 4.49. The molecule has 25 heavy (non-hydrogen) atoms. The van der Waals surface area contributed by atoms with Gasteiger partial charge in [0.2, 0.25) is 10.0 Å². The molecule has 2 rings (SSSR count). The number of quaternary nitrogens is 1. The van der Waals surface area contributed by atoms with Crippen molar-refractivity contribution in [3.05, 3.63) is 24.3 Å². The molecule has 0 saturated carbocycles. The van der Waals surface area contributed by atoms with E-state index in [2.05, 4.69) is 5.32 Å². The first-order chi connectivity index (χ1) is 11.9. The van der Waals surface area contributed by atoms with Gasteiger partial charge in [-0.25, -0.2) is 8.42 Å². The molecule has 1 saturated heterocycles. The van der Waals surface area contributed by atoms with Crippen LogP contribution >= 0.6 is 0 Å². The Morgan fingerprint density at radius 3 is 2.36 bits per heavy atom. The first kappa shape index (κ1) is 19.7. The summed E-state index contributed by atoms with van der Waals surface area (Å²) in [5.74, 6) is 0.673. The molecule has 0 spiro atoms. The van der Waals surface area contributed by atoms with Crippen molar-refractivity contribution in [3.63, 3.8) is 0 Å². The molecule has 0 bridgehead atoms. The van der Waals surface area contributed by atoms with Gasteiger partial charge in [-0.2, -0.15) is 4.31 Å². The lowest BCUT2D eigenvalue weighted by atomic mass is 10.2. The highest BCUT2D eigenvalue weighted by Crippen LogP contribution is 2.19. The van der Waals surface area contributed by atoms with Crippen molar-refractivity contribution < 1.29 is 22.8 Å². The maximum Gasteiger partial charge on any atom is 0.278 e. The van der Waals surface area contributed by atoms with Crippen LogP contribution in [0.25, 0.3) is 0 Å². The molecule has 0 aliphatic carbocycles. The minimum Gasteiger partial charge on any atom is -0.494 e. The number of nitrogens with zero attached hydrogens (tertiary/aromatic N) is 1. The molecule has 8 heteroatoms. The number of nitrogens with one attached hydrogen (secondary N) is 2. The summed E-state index contributed by atoms with van der Waals surface area (Å²) < 4.78 is 32.4. The smallest absolute Gasteiger partial charge is 0.278 e. The highest BCUT2D eigenvalue weighted by atomic mass is 32.2. The molecule has 1 fully saturated rings. The van der Waals surface area contributed by atoms with Crippen LogP contribution in [0.3, 0.4) is 0 Å². The molecule has 2 N–H and O–H groups in total. The van der Waals surface area contributed by atoms with E-state index < -0.39 is 10.0 Å². The minimum absolute atomic E-state index is 0.0142. The fourth-order valence-electron chi connectivity index (χ4n) is 2.98. The van der Waals surface area contributed by atoms with Gasteiger partial charge >= 0.3 is 0 Å². The van der Waals surface area contributed by atoms with Crippen LogP contribution in [0.1, 0.15) is 20.8 Å². The molecular formula is C17H28N3O4S+. The Bertz CT molecular complexity index is 668. The van der Waals surface area contributed by atoms with Crippen molar-refractivity contribution >= 4 is 15.9 Å². The molecule has 1 aromatic rings. The molecule has 7 nitrogen and oxygen atoms in total. The monoisotopic (exact) mass is 370 g/mol.